The van der Waals surface area contributed by atoms with Crippen LogP contribution in [0.25, 0.3) is 0 Å². The molecule has 0 aromatic heterocycles. The summed E-state index contributed by atoms with van der Waals surface area (Å²) in [6.45, 7) is 11.1. The second-order valence-electron chi connectivity index (χ2n) is 7.54. The van der Waals surface area contributed by atoms with E-state index in [2.05, 4.69) is 31.0 Å². The fourth-order valence-corrected chi connectivity index (χ4v) is 3.90. The molecule has 2 aliphatic carbocycles. The Kier molecular flexibility index (Phi) is 2.79. The van der Waals surface area contributed by atoms with Crippen LogP contribution in [-0.4, -0.2) is 36.1 Å². The molecule has 0 radical (unpaired) electrons. The predicted octanol–water partition coefficient (Wildman–Crippen LogP) is 2.64. The van der Waals surface area contributed by atoms with Gasteiger partial charge >= 0.3 is 0 Å². The minimum Gasteiger partial charge on any atom is -0.308 e. The normalized spacial score (nSPS) is 39.7. The van der Waals surface area contributed by atoms with E-state index in [1.54, 1.807) is 0 Å². The molecule has 0 aromatic carbocycles. The summed E-state index contributed by atoms with van der Waals surface area (Å²) >= 11 is 0. The molecule has 2 atom stereocenters. The lowest BCUT2D eigenvalue weighted by Gasteiger charge is -2.45. The fraction of sp³-hybridized carbons (Fsp3) is 1.00. The number of nitrogens with one attached hydrogen (secondary N) is 1. The zero-order chi connectivity index (χ0) is 12.1. The highest BCUT2D eigenvalue weighted by molar-refractivity contribution is 5.03. The summed E-state index contributed by atoms with van der Waals surface area (Å²) in [5, 5.41) is 3.85. The first-order chi connectivity index (χ1) is 8.01. The SMILES string of the molecule is CC1CNC2(CCCC2)CN1CC1CC1(C)C. The van der Waals surface area contributed by atoms with Gasteiger partial charge in [-0.05, 0) is 37.5 Å². The second-order valence-corrected chi connectivity index (χ2v) is 7.54. The van der Waals surface area contributed by atoms with Crippen LogP contribution in [0.3, 0.4) is 0 Å². The van der Waals surface area contributed by atoms with Crippen molar-refractivity contribution in [1.29, 1.82) is 0 Å². The first-order valence-electron chi connectivity index (χ1n) is 7.50. The molecule has 1 saturated heterocycles. The number of hydrogen-bond acceptors (Lipinski definition) is 2. The van der Waals surface area contributed by atoms with E-state index in [0.717, 1.165) is 12.0 Å². The van der Waals surface area contributed by atoms with E-state index in [1.165, 1.54) is 51.7 Å². The van der Waals surface area contributed by atoms with Gasteiger partial charge < -0.3 is 5.32 Å². The van der Waals surface area contributed by atoms with Crippen molar-refractivity contribution < 1.29 is 0 Å². The summed E-state index contributed by atoms with van der Waals surface area (Å²) in [6.07, 6.45) is 7.12. The maximum absolute atomic E-state index is 3.85. The van der Waals surface area contributed by atoms with Gasteiger partial charge in [0.25, 0.3) is 0 Å². The second kappa shape index (κ2) is 3.96. The first kappa shape index (κ1) is 12.0. The van der Waals surface area contributed by atoms with E-state index >= 15 is 0 Å². The van der Waals surface area contributed by atoms with Crippen molar-refractivity contribution in [3.05, 3.63) is 0 Å². The molecule has 1 heterocycles. The molecule has 2 saturated carbocycles. The molecule has 17 heavy (non-hydrogen) atoms. The van der Waals surface area contributed by atoms with E-state index in [-0.39, 0.29) is 0 Å². The summed E-state index contributed by atoms with van der Waals surface area (Å²) in [7, 11) is 0. The Morgan fingerprint density at radius 2 is 1.88 bits per heavy atom. The number of rotatable bonds is 2. The monoisotopic (exact) mass is 236 g/mol. The van der Waals surface area contributed by atoms with Crippen LogP contribution in [0, 0.1) is 11.3 Å². The highest BCUT2D eigenvalue weighted by atomic mass is 15.3. The third kappa shape index (κ3) is 2.26. The molecule has 0 amide bonds. The molecule has 3 fully saturated rings. The van der Waals surface area contributed by atoms with Crippen LogP contribution in [0.15, 0.2) is 0 Å². The lowest BCUT2D eigenvalue weighted by Crippen LogP contribution is -2.62. The molecule has 1 N–H and O–H groups in total. The van der Waals surface area contributed by atoms with Gasteiger partial charge in [-0.15, -0.1) is 0 Å². The average molecular weight is 236 g/mol. The Hall–Kier alpha value is -0.0800. The van der Waals surface area contributed by atoms with Gasteiger partial charge in [0.1, 0.15) is 0 Å². The van der Waals surface area contributed by atoms with Crippen molar-refractivity contribution in [1.82, 2.24) is 10.2 Å². The number of hydrogen-bond donors (Lipinski definition) is 1. The molecule has 0 aromatic rings. The quantitative estimate of drug-likeness (QED) is 0.793. The van der Waals surface area contributed by atoms with Gasteiger partial charge in [0.15, 0.2) is 0 Å². The maximum Gasteiger partial charge on any atom is 0.0309 e. The van der Waals surface area contributed by atoms with Gasteiger partial charge in [-0.25, -0.2) is 0 Å². The van der Waals surface area contributed by atoms with Crippen LogP contribution in [-0.2, 0) is 0 Å². The molecule has 1 spiro atoms. The Morgan fingerprint density at radius 1 is 1.24 bits per heavy atom. The van der Waals surface area contributed by atoms with Crippen LogP contribution in [0.2, 0.25) is 0 Å². The molecule has 3 rings (SSSR count). The third-order valence-corrected chi connectivity index (χ3v) is 5.63. The molecule has 1 aliphatic heterocycles. The number of piperazine rings is 1. The predicted molar refractivity (Wildman–Crippen MR) is 72.1 cm³/mol. The standard InChI is InChI=1S/C15H28N2/c1-12-9-16-15(6-4-5-7-15)11-17(12)10-13-8-14(13,2)3/h12-13,16H,4-11H2,1-3H3. The van der Waals surface area contributed by atoms with Gasteiger partial charge in [0, 0.05) is 31.2 Å². The van der Waals surface area contributed by atoms with Gasteiger partial charge in [-0.3, -0.25) is 4.90 Å². The van der Waals surface area contributed by atoms with Crippen LogP contribution < -0.4 is 5.32 Å². The zero-order valence-electron chi connectivity index (χ0n) is 11.8. The Labute approximate surface area is 106 Å². The molecule has 3 aliphatic rings. The highest BCUT2D eigenvalue weighted by Crippen LogP contribution is 2.52. The molecule has 2 heteroatoms. The van der Waals surface area contributed by atoms with E-state index in [0.29, 0.717) is 11.0 Å². The lowest BCUT2D eigenvalue weighted by atomic mass is 9.92. The maximum atomic E-state index is 3.85. The molecule has 98 valence electrons. The van der Waals surface area contributed by atoms with Crippen LogP contribution in [0.4, 0.5) is 0 Å². The summed E-state index contributed by atoms with van der Waals surface area (Å²) in [5.41, 5.74) is 1.12. The minimum absolute atomic E-state index is 0.492. The smallest absolute Gasteiger partial charge is 0.0309 e. The topological polar surface area (TPSA) is 15.3 Å². The highest BCUT2D eigenvalue weighted by Gasteiger charge is 2.48. The number of nitrogens with zero attached hydrogens (tertiary/aromatic N) is 1. The Morgan fingerprint density at radius 3 is 2.47 bits per heavy atom. The van der Waals surface area contributed by atoms with Crippen molar-refractivity contribution in [2.45, 2.75) is 64.5 Å². The summed E-state index contributed by atoms with van der Waals surface area (Å²) in [6, 6.07) is 0.734. The van der Waals surface area contributed by atoms with Gasteiger partial charge in [0.05, 0.1) is 0 Å². The summed E-state index contributed by atoms with van der Waals surface area (Å²) in [4.78, 5) is 2.78. The van der Waals surface area contributed by atoms with Gasteiger partial charge in [0.2, 0.25) is 0 Å². The van der Waals surface area contributed by atoms with Crippen molar-refractivity contribution in [3.8, 4) is 0 Å². The van der Waals surface area contributed by atoms with Crippen molar-refractivity contribution >= 4 is 0 Å². The Balaban J connectivity index is 1.62. The van der Waals surface area contributed by atoms with Crippen LogP contribution in [0.5, 0.6) is 0 Å². The molecule has 0 bridgehead atoms. The summed E-state index contributed by atoms with van der Waals surface area (Å²) in [5.74, 6) is 0.960. The summed E-state index contributed by atoms with van der Waals surface area (Å²) < 4.78 is 0. The minimum atomic E-state index is 0.492. The van der Waals surface area contributed by atoms with E-state index in [1.807, 2.05) is 0 Å². The molecule has 2 unspecified atom stereocenters. The Bertz CT molecular complexity index is 291. The molecular formula is C15H28N2. The third-order valence-electron chi connectivity index (χ3n) is 5.63. The van der Waals surface area contributed by atoms with Crippen molar-refractivity contribution in [2.24, 2.45) is 11.3 Å². The van der Waals surface area contributed by atoms with Crippen molar-refractivity contribution in [3.63, 3.8) is 0 Å². The fourth-order valence-electron chi connectivity index (χ4n) is 3.90. The van der Waals surface area contributed by atoms with E-state index < -0.39 is 0 Å². The van der Waals surface area contributed by atoms with E-state index in [4.69, 9.17) is 0 Å². The lowest BCUT2D eigenvalue weighted by molar-refractivity contribution is 0.0817. The molecular weight excluding hydrogens is 208 g/mol. The average Bonchev–Trinajstić information content (AvgIpc) is 2.71. The van der Waals surface area contributed by atoms with Gasteiger partial charge in [-0.1, -0.05) is 26.7 Å². The van der Waals surface area contributed by atoms with Gasteiger partial charge in [-0.2, -0.15) is 0 Å². The zero-order valence-corrected chi connectivity index (χ0v) is 11.8. The van der Waals surface area contributed by atoms with Crippen molar-refractivity contribution in [2.75, 3.05) is 19.6 Å². The largest absolute Gasteiger partial charge is 0.308 e. The molecule has 2 nitrogen and oxygen atoms in total. The van der Waals surface area contributed by atoms with Crippen LogP contribution >= 0.6 is 0 Å². The van der Waals surface area contributed by atoms with Crippen LogP contribution in [0.1, 0.15) is 52.9 Å². The van der Waals surface area contributed by atoms with E-state index in [9.17, 15) is 0 Å². The first-order valence-corrected chi connectivity index (χ1v) is 7.50.